The van der Waals surface area contributed by atoms with Crippen molar-refractivity contribution in [3.8, 4) is 17.2 Å². The molecule has 1 atom stereocenters. The van der Waals surface area contributed by atoms with E-state index in [0.29, 0.717) is 24.3 Å². The fourth-order valence-electron chi connectivity index (χ4n) is 3.59. The lowest BCUT2D eigenvalue weighted by atomic mass is 9.87. The van der Waals surface area contributed by atoms with Crippen molar-refractivity contribution in [1.82, 2.24) is 4.98 Å². The van der Waals surface area contributed by atoms with Gasteiger partial charge >= 0.3 is 5.97 Å². The zero-order valence-corrected chi connectivity index (χ0v) is 18.9. The molecule has 1 amide bonds. The highest BCUT2D eigenvalue weighted by atomic mass is 16.5. The molecule has 0 fully saturated rings. The molecule has 0 unspecified atom stereocenters. The van der Waals surface area contributed by atoms with Gasteiger partial charge in [-0.15, -0.1) is 0 Å². The maximum absolute atomic E-state index is 12.5. The first-order valence-corrected chi connectivity index (χ1v) is 10.5. The summed E-state index contributed by atoms with van der Waals surface area (Å²) in [6.07, 6.45) is 1.51. The lowest BCUT2D eigenvalue weighted by molar-refractivity contribution is -0.118. The summed E-state index contributed by atoms with van der Waals surface area (Å²) >= 11 is 0. The van der Waals surface area contributed by atoms with Gasteiger partial charge in [-0.1, -0.05) is 24.3 Å². The molecule has 9 nitrogen and oxygen atoms in total. The van der Waals surface area contributed by atoms with Crippen LogP contribution in [0.2, 0.25) is 0 Å². The third kappa shape index (κ3) is 5.74. The van der Waals surface area contributed by atoms with Crippen LogP contribution < -0.4 is 20.8 Å². The van der Waals surface area contributed by atoms with Crippen molar-refractivity contribution >= 4 is 11.9 Å². The van der Waals surface area contributed by atoms with Crippen molar-refractivity contribution in [1.29, 1.82) is 0 Å². The molecule has 0 saturated heterocycles. The molecule has 0 spiro atoms. The number of esters is 1. The van der Waals surface area contributed by atoms with Crippen molar-refractivity contribution in [3.63, 3.8) is 0 Å². The number of rotatable bonds is 10. The molecule has 4 N–H and O–H groups in total. The third-order valence-electron chi connectivity index (χ3n) is 5.36. The van der Waals surface area contributed by atoms with Gasteiger partial charge in [0.25, 0.3) is 5.56 Å². The average Bonchev–Trinajstić information content (AvgIpc) is 2.83. The van der Waals surface area contributed by atoms with Gasteiger partial charge in [0.05, 0.1) is 26.4 Å². The maximum atomic E-state index is 12.5. The molecule has 0 aliphatic heterocycles. The molecule has 0 aliphatic rings. The number of ether oxygens (including phenoxy) is 3. The molecule has 178 valence electrons. The van der Waals surface area contributed by atoms with E-state index in [1.807, 2.05) is 24.3 Å². The van der Waals surface area contributed by atoms with Crippen molar-refractivity contribution in [3.05, 3.63) is 87.3 Å². The predicted molar refractivity (Wildman–Crippen MR) is 124 cm³/mol. The van der Waals surface area contributed by atoms with E-state index in [0.717, 1.165) is 24.6 Å². The molecular formula is C25H26N2O7. The number of methoxy groups -OCH3 is 2. The van der Waals surface area contributed by atoms with Crippen LogP contribution >= 0.6 is 0 Å². The van der Waals surface area contributed by atoms with Gasteiger partial charge in [0.2, 0.25) is 5.91 Å². The highest BCUT2D eigenvalue weighted by molar-refractivity contribution is 5.92. The molecule has 0 saturated carbocycles. The number of primary amides is 1. The van der Waals surface area contributed by atoms with Crippen LogP contribution in [0.5, 0.6) is 17.2 Å². The first kappa shape index (κ1) is 24.4. The third-order valence-corrected chi connectivity index (χ3v) is 5.36. The van der Waals surface area contributed by atoms with Crippen molar-refractivity contribution in [2.75, 3.05) is 20.8 Å². The van der Waals surface area contributed by atoms with Gasteiger partial charge in [-0.3, -0.25) is 9.59 Å². The second kappa shape index (κ2) is 11.0. The number of hydrogen-bond donors (Lipinski definition) is 3. The number of aromatic nitrogens is 1. The van der Waals surface area contributed by atoms with Gasteiger partial charge in [-0.25, -0.2) is 4.79 Å². The maximum Gasteiger partial charge on any atom is 0.343 e. The van der Waals surface area contributed by atoms with E-state index >= 15 is 0 Å². The first-order valence-electron chi connectivity index (χ1n) is 10.5. The summed E-state index contributed by atoms with van der Waals surface area (Å²) in [4.78, 5) is 38.6. The molecule has 0 bridgehead atoms. The van der Waals surface area contributed by atoms with E-state index in [1.165, 1.54) is 0 Å². The number of benzene rings is 2. The molecule has 1 aromatic heterocycles. The van der Waals surface area contributed by atoms with Crippen LogP contribution in [0, 0.1) is 0 Å². The van der Waals surface area contributed by atoms with Crippen molar-refractivity contribution in [2.24, 2.45) is 5.73 Å². The lowest BCUT2D eigenvalue weighted by Gasteiger charge is -2.18. The van der Waals surface area contributed by atoms with Gasteiger partial charge < -0.3 is 30.0 Å². The molecule has 0 radical (unpaired) electrons. The summed E-state index contributed by atoms with van der Waals surface area (Å²) < 4.78 is 15.6. The van der Waals surface area contributed by atoms with Crippen LogP contribution in [0.4, 0.5) is 0 Å². The number of nitrogens with two attached hydrogens (primary N) is 1. The summed E-state index contributed by atoms with van der Waals surface area (Å²) in [5.41, 5.74) is 6.04. The van der Waals surface area contributed by atoms with Crippen LogP contribution in [0.3, 0.4) is 0 Å². The number of amides is 1. The Morgan fingerprint density at radius 3 is 2.26 bits per heavy atom. The van der Waals surface area contributed by atoms with Gasteiger partial charge in [-0.2, -0.15) is 0 Å². The molecule has 34 heavy (non-hydrogen) atoms. The Morgan fingerprint density at radius 1 is 1.03 bits per heavy atom. The summed E-state index contributed by atoms with van der Waals surface area (Å²) in [6.45, 7) is 0.442. The Hall–Kier alpha value is -4.27. The Labute approximate surface area is 196 Å². The minimum Gasteiger partial charge on any atom is -0.506 e. The standard InChI is InChI=1S/C25H26N2O7/c1-32-17-7-3-15(4-8-17)11-12-34-18-9-5-16(6-10-18)19(13-21(26)28)22-23(29)20(25(31)33-2)14-27-24(22)30/h3-10,14,19H,11-13H2,1-2H3,(H2,26,28)(H2,27,29,30)/t19-/m0/s1. The van der Waals surface area contributed by atoms with Crippen LogP contribution in [-0.2, 0) is 16.0 Å². The minimum absolute atomic E-state index is 0.144. The highest BCUT2D eigenvalue weighted by Gasteiger charge is 2.27. The van der Waals surface area contributed by atoms with E-state index in [9.17, 15) is 19.5 Å². The van der Waals surface area contributed by atoms with E-state index < -0.39 is 29.1 Å². The zero-order chi connectivity index (χ0) is 24.7. The topological polar surface area (TPSA) is 141 Å². The van der Waals surface area contributed by atoms with Crippen LogP contribution in [0.15, 0.2) is 59.5 Å². The Morgan fingerprint density at radius 2 is 1.68 bits per heavy atom. The quantitative estimate of drug-likeness (QED) is 0.390. The second-order valence-corrected chi connectivity index (χ2v) is 7.52. The van der Waals surface area contributed by atoms with Gasteiger partial charge in [0, 0.05) is 25.0 Å². The largest absolute Gasteiger partial charge is 0.506 e. The number of aromatic amines is 1. The fraction of sp³-hybridized carbons (Fsp3) is 0.240. The molecule has 1 heterocycles. The Balaban J connectivity index is 1.79. The van der Waals surface area contributed by atoms with Gasteiger partial charge in [-0.05, 0) is 35.4 Å². The number of nitrogens with one attached hydrogen (secondary N) is 1. The summed E-state index contributed by atoms with van der Waals surface area (Å²) in [7, 11) is 2.77. The molecule has 9 heteroatoms. The lowest BCUT2D eigenvalue weighted by Crippen LogP contribution is -2.23. The molecular weight excluding hydrogens is 440 g/mol. The average molecular weight is 466 g/mol. The van der Waals surface area contributed by atoms with E-state index in [2.05, 4.69) is 9.72 Å². The second-order valence-electron chi connectivity index (χ2n) is 7.52. The zero-order valence-electron chi connectivity index (χ0n) is 18.9. The Bertz CT molecular complexity index is 1200. The van der Waals surface area contributed by atoms with Gasteiger partial charge in [0.15, 0.2) is 0 Å². The summed E-state index contributed by atoms with van der Waals surface area (Å²) in [5, 5.41) is 10.6. The smallest absolute Gasteiger partial charge is 0.343 e. The normalized spacial score (nSPS) is 11.5. The van der Waals surface area contributed by atoms with E-state index in [1.54, 1.807) is 31.4 Å². The van der Waals surface area contributed by atoms with Crippen LogP contribution in [-0.4, -0.2) is 42.8 Å². The number of carbonyl (C=O) groups excluding carboxylic acids is 2. The number of aromatic hydroxyl groups is 1. The number of hydrogen-bond acceptors (Lipinski definition) is 7. The summed E-state index contributed by atoms with van der Waals surface area (Å²) in [5.74, 6) is -1.55. The highest BCUT2D eigenvalue weighted by Crippen LogP contribution is 2.34. The van der Waals surface area contributed by atoms with E-state index in [-0.39, 0.29) is 17.5 Å². The SMILES string of the molecule is COC(=O)c1c[nH]c(=O)c([C@@H](CC(N)=O)c2ccc(OCCc3ccc(OC)cc3)cc2)c1O. The monoisotopic (exact) mass is 466 g/mol. The van der Waals surface area contributed by atoms with Crippen molar-refractivity contribution < 1.29 is 28.9 Å². The first-order chi connectivity index (χ1) is 16.3. The molecule has 0 aliphatic carbocycles. The number of carbonyl (C=O) groups is 2. The fourth-order valence-corrected chi connectivity index (χ4v) is 3.59. The molecule has 3 aromatic rings. The number of pyridine rings is 1. The van der Waals surface area contributed by atoms with Crippen LogP contribution in [0.25, 0.3) is 0 Å². The van der Waals surface area contributed by atoms with Gasteiger partial charge in [0.1, 0.15) is 22.8 Å². The van der Waals surface area contributed by atoms with Crippen molar-refractivity contribution in [2.45, 2.75) is 18.8 Å². The van der Waals surface area contributed by atoms with Crippen LogP contribution in [0.1, 0.15) is 39.4 Å². The van der Waals surface area contributed by atoms with E-state index in [4.69, 9.17) is 15.2 Å². The Kier molecular flexibility index (Phi) is 7.92. The minimum atomic E-state index is -0.876. The summed E-state index contributed by atoms with van der Waals surface area (Å²) in [6, 6.07) is 14.5. The predicted octanol–water partition coefficient (Wildman–Crippen LogP) is 2.50. The molecule has 2 aromatic carbocycles. The number of H-pyrrole nitrogens is 1. The molecule has 3 rings (SSSR count).